The van der Waals surface area contributed by atoms with Gasteiger partial charge in [-0.05, 0) is 45.0 Å². The summed E-state index contributed by atoms with van der Waals surface area (Å²) in [6.45, 7) is 6.95. The molecule has 0 aliphatic rings. The molecule has 0 fully saturated rings. The topological polar surface area (TPSA) is 42.7 Å². The number of nitrogens with zero attached hydrogens (tertiary/aromatic N) is 3. The maximum atomic E-state index is 6.39. The molecule has 108 valence electrons. The van der Waals surface area contributed by atoms with Crippen LogP contribution in [0, 0.1) is 13.8 Å². The van der Waals surface area contributed by atoms with E-state index in [0.29, 0.717) is 0 Å². The number of hydrogen-bond acceptors (Lipinski definition) is 3. The van der Waals surface area contributed by atoms with Crippen molar-refractivity contribution < 1.29 is 0 Å². The van der Waals surface area contributed by atoms with Crippen molar-refractivity contribution in [3.63, 3.8) is 0 Å². The molecule has 1 atom stereocenters. The molecule has 2 aromatic rings. The van der Waals surface area contributed by atoms with E-state index in [4.69, 9.17) is 11.6 Å². The lowest BCUT2D eigenvalue weighted by Crippen LogP contribution is -2.21. The van der Waals surface area contributed by atoms with Crippen LogP contribution in [0.1, 0.15) is 35.5 Å². The van der Waals surface area contributed by atoms with E-state index >= 15 is 0 Å². The Morgan fingerprint density at radius 2 is 2.15 bits per heavy atom. The van der Waals surface area contributed by atoms with Crippen molar-refractivity contribution in [1.29, 1.82) is 0 Å². The average molecular weight is 293 g/mol. The molecule has 5 heteroatoms. The number of halogens is 1. The summed E-state index contributed by atoms with van der Waals surface area (Å²) < 4.78 is 1.98. The van der Waals surface area contributed by atoms with Crippen LogP contribution in [0.15, 0.2) is 18.5 Å². The second-order valence-corrected chi connectivity index (χ2v) is 5.32. The Balaban J connectivity index is 2.34. The average Bonchev–Trinajstić information content (AvgIpc) is 2.73. The number of likely N-dealkylation sites (N-methyl/N-ethyl adjacent to an activating group) is 1. The third-order valence-electron chi connectivity index (χ3n) is 3.65. The van der Waals surface area contributed by atoms with E-state index < -0.39 is 0 Å². The minimum atomic E-state index is 0.183. The monoisotopic (exact) mass is 292 g/mol. The number of aryl methyl sites for hydroxylation is 3. The highest BCUT2D eigenvalue weighted by Crippen LogP contribution is 2.27. The summed E-state index contributed by atoms with van der Waals surface area (Å²) in [5, 5.41) is 8.60. The predicted molar refractivity (Wildman–Crippen MR) is 82.1 cm³/mol. The lowest BCUT2D eigenvalue weighted by Gasteiger charge is -2.19. The summed E-state index contributed by atoms with van der Waals surface area (Å²) in [6, 6.07) is 2.21. The molecule has 0 radical (unpaired) electrons. The molecule has 1 unspecified atom stereocenters. The first-order valence-electron chi connectivity index (χ1n) is 6.88. The van der Waals surface area contributed by atoms with Gasteiger partial charge < -0.3 is 5.32 Å². The number of pyridine rings is 1. The van der Waals surface area contributed by atoms with Crippen molar-refractivity contribution in [2.45, 2.75) is 39.8 Å². The maximum absolute atomic E-state index is 6.39. The van der Waals surface area contributed by atoms with Gasteiger partial charge >= 0.3 is 0 Å². The van der Waals surface area contributed by atoms with E-state index in [1.165, 1.54) is 11.1 Å². The lowest BCUT2D eigenvalue weighted by atomic mass is 9.99. The molecular weight excluding hydrogens is 272 g/mol. The zero-order valence-corrected chi connectivity index (χ0v) is 13.2. The van der Waals surface area contributed by atoms with Crippen molar-refractivity contribution in [2.75, 3.05) is 7.05 Å². The highest BCUT2D eigenvalue weighted by Gasteiger charge is 2.19. The van der Waals surface area contributed by atoms with Crippen molar-refractivity contribution in [1.82, 2.24) is 20.1 Å². The lowest BCUT2D eigenvalue weighted by molar-refractivity contribution is 0.538. The van der Waals surface area contributed by atoms with Gasteiger partial charge in [-0.25, -0.2) is 0 Å². The molecule has 0 aromatic carbocycles. The van der Waals surface area contributed by atoms with Gasteiger partial charge in [0.2, 0.25) is 0 Å². The summed E-state index contributed by atoms with van der Waals surface area (Å²) in [5.74, 6) is 0. The highest BCUT2D eigenvalue weighted by atomic mass is 35.5. The van der Waals surface area contributed by atoms with Gasteiger partial charge in [-0.1, -0.05) is 11.6 Å². The Kier molecular flexibility index (Phi) is 4.78. The van der Waals surface area contributed by atoms with Crippen molar-refractivity contribution in [3.05, 3.63) is 46.0 Å². The van der Waals surface area contributed by atoms with E-state index in [1.54, 1.807) is 0 Å². The van der Waals surface area contributed by atoms with Crippen LogP contribution < -0.4 is 5.32 Å². The minimum absolute atomic E-state index is 0.183. The molecule has 0 aliphatic heterocycles. The largest absolute Gasteiger partial charge is 0.313 e. The highest BCUT2D eigenvalue weighted by molar-refractivity contribution is 6.31. The second-order valence-electron chi connectivity index (χ2n) is 4.94. The van der Waals surface area contributed by atoms with Gasteiger partial charge in [0.05, 0.1) is 16.4 Å². The summed E-state index contributed by atoms with van der Waals surface area (Å²) >= 11 is 6.39. The number of rotatable bonds is 5. The molecular formula is C15H21ClN4. The summed E-state index contributed by atoms with van der Waals surface area (Å²) in [4.78, 5) is 4.23. The van der Waals surface area contributed by atoms with E-state index in [1.807, 2.05) is 37.1 Å². The predicted octanol–water partition coefficient (Wildman–Crippen LogP) is 3.07. The van der Waals surface area contributed by atoms with Gasteiger partial charge in [0.1, 0.15) is 0 Å². The number of hydrogen-bond donors (Lipinski definition) is 1. The molecule has 2 aromatic heterocycles. The van der Waals surface area contributed by atoms with Crippen LogP contribution in [0.3, 0.4) is 0 Å². The Morgan fingerprint density at radius 3 is 2.75 bits per heavy atom. The minimum Gasteiger partial charge on any atom is -0.313 e. The zero-order chi connectivity index (χ0) is 14.7. The van der Waals surface area contributed by atoms with Gasteiger partial charge in [-0.15, -0.1) is 0 Å². The van der Waals surface area contributed by atoms with Crippen molar-refractivity contribution in [3.8, 4) is 0 Å². The molecule has 2 rings (SSSR count). The molecule has 4 nitrogen and oxygen atoms in total. The molecule has 0 saturated heterocycles. The fourth-order valence-corrected chi connectivity index (χ4v) is 2.68. The van der Waals surface area contributed by atoms with Crippen LogP contribution >= 0.6 is 11.6 Å². The Labute approximate surface area is 125 Å². The van der Waals surface area contributed by atoms with Gasteiger partial charge in [-0.2, -0.15) is 5.10 Å². The first-order chi connectivity index (χ1) is 9.58. The molecule has 1 N–H and O–H groups in total. The Bertz CT molecular complexity index is 592. The van der Waals surface area contributed by atoms with Crippen LogP contribution in [0.5, 0.6) is 0 Å². The summed E-state index contributed by atoms with van der Waals surface area (Å²) in [7, 11) is 1.96. The van der Waals surface area contributed by atoms with E-state index in [-0.39, 0.29) is 6.04 Å². The molecule has 0 bridgehead atoms. The Hall–Kier alpha value is -1.39. The molecule has 0 spiro atoms. The fourth-order valence-electron chi connectivity index (χ4n) is 2.47. The maximum Gasteiger partial charge on any atom is 0.0847 e. The van der Waals surface area contributed by atoms with Crippen LogP contribution in [-0.4, -0.2) is 21.8 Å². The second kappa shape index (κ2) is 6.37. The standard InChI is InChI=1S/C15H21ClN4/c1-5-20-14(15(16)11(3)19-20)8-13(17-4)12-9-18-7-6-10(12)2/h6-7,9,13,17H,5,8H2,1-4H3. The molecule has 2 heterocycles. The quantitative estimate of drug-likeness (QED) is 0.921. The molecule has 0 aliphatic carbocycles. The molecule has 0 amide bonds. The zero-order valence-electron chi connectivity index (χ0n) is 12.4. The van der Waals surface area contributed by atoms with Crippen molar-refractivity contribution in [2.24, 2.45) is 0 Å². The summed E-state index contributed by atoms with van der Waals surface area (Å²) in [6.07, 6.45) is 4.54. The van der Waals surface area contributed by atoms with E-state index in [2.05, 4.69) is 29.2 Å². The molecule has 20 heavy (non-hydrogen) atoms. The van der Waals surface area contributed by atoms with Gasteiger partial charge in [0.15, 0.2) is 0 Å². The normalized spacial score (nSPS) is 12.7. The number of nitrogens with one attached hydrogen (secondary N) is 1. The van der Waals surface area contributed by atoms with E-state index in [9.17, 15) is 0 Å². The Morgan fingerprint density at radius 1 is 1.40 bits per heavy atom. The van der Waals surface area contributed by atoms with Gasteiger partial charge in [0, 0.05) is 31.4 Å². The van der Waals surface area contributed by atoms with Gasteiger partial charge in [-0.3, -0.25) is 9.67 Å². The van der Waals surface area contributed by atoms with Crippen LogP contribution in [-0.2, 0) is 13.0 Å². The van der Waals surface area contributed by atoms with Crippen LogP contribution in [0.25, 0.3) is 0 Å². The third-order valence-corrected chi connectivity index (χ3v) is 4.15. The summed E-state index contributed by atoms with van der Waals surface area (Å²) in [5.41, 5.74) is 4.40. The smallest absolute Gasteiger partial charge is 0.0847 e. The fraction of sp³-hybridized carbons (Fsp3) is 0.467. The van der Waals surface area contributed by atoms with Gasteiger partial charge in [0.25, 0.3) is 0 Å². The van der Waals surface area contributed by atoms with Crippen LogP contribution in [0.4, 0.5) is 0 Å². The first-order valence-corrected chi connectivity index (χ1v) is 7.25. The van der Waals surface area contributed by atoms with Crippen LogP contribution in [0.2, 0.25) is 5.02 Å². The SMILES string of the molecule is CCn1nc(C)c(Cl)c1CC(NC)c1cnccc1C. The first kappa shape index (κ1) is 15.0. The van der Waals surface area contributed by atoms with Crippen molar-refractivity contribution >= 4 is 11.6 Å². The van der Waals surface area contributed by atoms with E-state index in [0.717, 1.165) is 29.4 Å². The molecule has 0 saturated carbocycles. The third kappa shape index (κ3) is 2.86. The number of aromatic nitrogens is 3.